The fourth-order valence-electron chi connectivity index (χ4n) is 4.11. The van der Waals surface area contributed by atoms with E-state index in [0.717, 1.165) is 29.9 Å². The lowest BCUT2D eigenvalue weighted by Gasteiger charge is -2.34. The summed E-state index contributed by atoms with van der Waals surface area (Å²) >= 11 is 0. The molecule has 2 aliphatic rings. The van der Waals surface area contributed by atoms with Crippen LogP contribution in [0.2, 0.25) is 0 Å². The monoisotopic (exact) mass is 430 g/mol. The van der Waals surface area contributed by atoms with Crippen molar-refractivity contribution in [2.45, 2.75) is 18.8 Å². The molecule has 1 saturated heterocycles. The lowest BCUT2D eigenvalue weighted by atomic mass is 10.1. The van der Waals surface area contributed by atoms with Gasteiger partial charge >= 0.3 is 0 Å². The molecule has 0 spiro atoms. The number of carbonyl (C=O) groups is 2. The Hall–Kier alpha value is -3.52. The summed E-state index contributed by atoms with van der Waals surface area (Å²) in [6.07, 6.45) is 2.12. The lowest BCUT2D eigenvalue weighted by Crippen LogP contribution is -2.50. The summed E-state index contributed by atoms with van der Waals surface area (Å²) in [5, 5.41) is 11.5. The average Bonchev–Trinajstić information content (AvgIpc) is 3.58. The summed E-state index contributed by atoms with van der Waals surface area (Å²) in [4.78, 5) is 29.5. The highest BCUT2D eigenvalue weighted by atomic mass is 16.2. The van der Waals surface area contributed by atoms with Gasteiger partial charge in [-0.2, -0.15) is 0 Å². The van der Waals surface area contributed by atoms with Gasteiger partial charge in [0.2, 0.25) is 5.91 Å². The fourth-order valence-corrected chi connectivity index (χ4v) is 4.11. The zero-order valence-electron chi connectivity index (χ0n) is 17.9. The number of piperazine rings is 1. The zero-order valence-corrected chi connectivity index (χ0v) is 17.9. The van der Waals surface area contributed by atoms with Crippen LogP contribution in [0.25, 0.3) is 5.69 Å². The quantitative estimate of drug-likeness (QED) is 0.650. The predicted molar refractivity (Wildman–Crippen MR) is 121 cm³/mol. The van der Waals surface area contributed by atoms with E-state index in [9.17, 15) is 9.59 Å². The number of anilines is 1. The third-order valence-electron chi connectivity index (χ3n) is 5.96. The van der Waals surface area contributed by atoms with Gasteiger partial charge in [0.1, 0.15) is 0 Å². The first-order valence-corrected chi connectivity index (χ1v) is 11.1. The SMILES string of the molecule is O=C(CN1CCN(C(=O)c2nnn(-c3ccccc3)c2C2CC2)CC1)Nc1ccccc1. The second kappa shape index (κ2) is 8.92. The van der Waals surface area contributed by atoms with Gasteiger partial charge in [-0.3, -0.25) is 14.5 Å². The number of amides is 2. The van der Waals surface area contributed by atoms with Crippen LogP contribution in [0, 0.1) is 0 Å². The van der Waals surface area contributed by atoms with Crippen molar-refractivity contribution in [3.8, 4) is 5.69 Å². The summed E-state index contributed by atoms with van der Waals surface area (Å²) in [6, 6.07) is 19.3. The van der Waals surface area contributed by atoms with Crippen LogP contribution in [0.5, 0.6) is 0 Å². The highest BCUT2D eigenvalue weighted by molar-refractivity contribution is 5.94. The smallest absolute Gasteiger partial charge is 0.276 e. The van der Waals surface area contributed by atoms with Crippen LogP contribution in [0.15, 0.2) is 60.7 Å². The first-order chi connectivity index (χ1) is 15.7. The Bertz CT molecular complexity index is 1090. The number of para-hydroxylation sites is 2. The van der Waals surface area contributed by atoms with Crippen molar-refractivity contribution in [1.29, 1.82) is 0 Å². The number of nitrogens with zero attached hydrogens (tertiary/aromatic N) is 5. The standard InChI is InChI=1S/C24H26N6O2/c31-21(25-19-7-3-1-4-8-19)17-28-13-15-29(16-14-28)24(32)22-23(18-11-12-18)30(27-26-22)20-9-5-2-6-10-20/h1-10,18H,11-17H2,(H,25,31). The van der Waals surface area contributed by atoms with Crippen LogP contribution in [0.1, 0.15) is 34.9 Å². The molecule has 3 aromatic rings. The van der Waals surface area contributed by atoms with Crippen molar-refractivity contribution in [2.24, 2.45) is 0 Å². The molecule has 1 saturated carbocycles. The van der Waals surface area contributed by atoms with Crippen molar-refractivity contribution in [3.63, 3.8) is 0 Å². The molecule has 164 valence electrons. The molecule has 2 aromatic carbocycles. The molecule has 0 radical (unpaired) electrons. The number of hydrogen-bond acceptors (Lipinski definition) is 5. The Morgan fingerprint density at radius 2 is 1.56 bits per heavy atom. The van der Waals surface area contributed by atoms with Gasteiger partial charge < -0.3 is 10.2 Å². The van der Waals surface area contributed by atoms with Gasteiger partial charge in [0.05, 0.1) is 17.9 Å². The summed E-state index contributed by atoms with van der Waals surface area (Å²) in [5.74, 6) is 0.229. The maximum atomic E-state index is 13.3. The van der Waals surface area contributed by atoms with Gasteiger partial charge in [0.15, 0.2) is 5.69 Å². The molecule has 5 rings (SSSR count). The Morgan fingerprint density at radius 1 is 0.906 bits per heavy atom. The van der Waals surface area contributed by atoms with Crippen LogP contribution >= 0.6 is 0 Å². The molecule has 2 heterocycles. The van der Waals surface area contributed by atoms with Crippen molar-refractivity contribution in [2.75, 3.05) is 38.0 Å². The Labute approximate surface area is 186 Å². The van der Waals surface area contributed by atoms with E-state index in [0.29, 0.717) is 44.3 Å². The topological polar surface area (TPSA) is 83.4 Å². The molecule has 1 aromatic heterocycles. The molecule has 2 amide bonds. The second-order valence-corrected chi connectivity index (χ2v) is 8.33. The third kappa shape index (κ3) is 4.40. The van der Waals surface area contributed by atoms with E-state index in [1.165, 1.54) is 0 Å². The van der Waals surface area contributed by atoms with Crippen molar-refractivity contribution < 1.29 is 9.59 Å². The first kappa shape index (κ1) is 20.4. The van der Waals surface area contributed by atoms with Gasteiger partial charge in [0.25, 0.3) is 5.91 Å². The molecule has 0 unspecified atom stereocenters. The minimum atomic E-state index is -0.0672. The first-order valence-electron chi connectivity index (χ1n) is 11.1. The van der Waals surface area contributed by atoms with E-state index in [4.69, 9.17) is 0 Å². The predicted octanol–water partition coefficient (Wildman–Crippen LogP) is 2.54. The molecule has 8 nitrogen and oxygen atoms in total. The van der Waals surface area contributed by atoms with Crippen molar-refractivity contribution >= 4 is 17.5 Å². The molecule has 0 atom stereocenters. The second-order valence-electron chi connectivity index (χ2n) is 8.33. The van der Waals surface area contributed by atoms with Crippen LogP contribution in [-0.4, -0.2) is 69.3 Å². The molecule has 2 fully saturated rings. The maximum absolute atomic E-state index is 13.3. The fraction of sp³-hybridized carbons (Fsp3) is 0.333. The Kier molecular flexibility index (Phi) is 5.68. The molecule has 0 bridgehead atoms. The maximum Gasteiger partial charge on any atom is 0.276 e. The van der Waals surface area contributed by atoms with E-state index in [-0.39, 0.29) is 11.8 Å². The molecule has 32 heavy (non-hydrogen) atoms. The van der Waals surface area contributed by atoms with E-state index in [2.05, 4.69) is 20.5 Å². The minimum Gasteiger partial charge on any atom is -0.335 e. The molecular weight excluding hydrogens is 404 g/mol. The van der Waals surface area contributed by atoms with E-state index >= 15 is 0 Å². The molecule has 8 heteroatoms. The summed E-state index contributed by atoms with van der Waals surface area (Å²) in [5.41, 5.74) is 3.10. The number of carbonyl (C=O) groups excluding carboxylic acids is 2. The van der Waals surface area contributed by atoms with Gasteiger partial charge in [-0.05, 0) is 37.1 Å². The number of rotatable bonds is 6. The van der Waals surface area contributed by atoms with Gasteiger partial charge in [-0.15, -0.1) is 5.10 Å². The number of benzene rings is 2. The number of aromatic nitrogens is 3. The highest BCUT2D eigenvalue weighted by Crippen LogP contribution is 2.42. The molecule has 1 aliphatic carbocycles. The average molecular weight is 431 g/mol. The summed E-state index contributed by atoms with van der Waals surface area (Å²) < 4.78 is 1.81. The largest absolute Gasteiger partial charge is 0.335 e. The van der Waals surface area contributed by atoms with Gasteiger partial charge in [-0.25, -0.2) is 4.68 Å². The van der Waals surface area contributed by atoms with Crippen molar-refractivity contribution in [1.82, 2.24) is 24.8 Å². The number of hydrogen-bond donors (Lipinski definition) is 1. The van der Waals surface area contributed by atoms with Crippen LogP contribution < -0.4 is 5.32 Å². The van der Waals surface area contributed by atoms with E-state index in [1.807, 2.05) is 70.2 Å². The number of nitrogens with one attached hydrogen (secondary N) is 1. The van der Waals surface area contributed by atoms with Crippen LogP contribution in [0.4, 0.5) is 5.69 Å². The van der Waals surface area contributed by atoms with Gasteiger partial charge in [-0.1, -0.05) is 41.6 Å². The molecular formula is C24H26N6O2. The molecule has 1 aliphatic heterocycles. The Balaban J connectivity index is 1.22. The summed E-state index contributed by atoms with van der Waals surface area (Å²) in [6.45, 7) is 2.76. The third-order valence-corrected chi connectivity index (χ3v) is 5.96. The highest BCUT2D eigenvalue weighted by Gasteiger charge is 2.36. The lowest BCUT2D eigenvalue weighted by molar-refractivity contribution is -0.117. The van der Waals surface area contributed by atoms with E-state index < -0.39 is 0 Å². The van der Waals surface area contributed by atoms with Crippen LogP contribution in [0.3, 0.4) is 0 Å². The van der Waals surface area contributed by atoms with Crippen molar-refractivity contribution in [3.05, 3.63) is 72.1 Å². The summed E-state index contributed by atoms with van der Waals surface area (Å²) in [7, 11) is 0. The zero-order chi connectivity index (χ0) is 21.9. The van der Waals surface area contributed by atoms with E-state index in [1.54, 1.807) is 0 Å². The van der Waals surface area contributed by atoms with Gasteiger partial charge in [0, 0.05) is 37.8 Å². The van der Waals surface area contributed by atoms with Crippen LogP contribution in [-0.2, 0) is 4.79 Å². The normalized spacial score (nSPS) is 16.7. The Morgan fingerprint density at radius 3 is 2.22 bits per heavy atom. The molecule has 1 N–H and O–H groups in total. The minimum absolute atomic E-state index is 0.0437.